The summed E-state index contributed by atoms with van der Waals surface area (Å²) in [7, 11) is 1.58. The maximum atomic E-state index is 5.46. The summed E-state index contributed by atoms with van der Waals surface area (Å²) in [4.78, 5) is 0. The number of nitrogen functional groups attached to an aromatic ring is 1. The van der Waals surface area contributed by atoms with Gasteiger partial charge in [0, 0.05) is 5.92 Å². The molecule has 0 aliphatic heterocycles. The van der Waals surface area contributed by atoms with Gasteiger partial charge in [-0.25, -0.2) is 0 Å². The van der Waals surface area contributed by atoms with E-state index in [1.54, 1.807) is 7.11 Å². The highest BCUT2D eigenvalue weighted by atomic mass is 16.5. The van der Waals surface area contributed by atoms with Crippen LogP contribution in [0.3, 0.4) is 0 Å². The average molecular weight is 154 g/mol. The molecule has 4 nitrogen and oxygen atoms in total. The molecule has 0 spiro atoms. The van der Waals surface area contributed by atoms with E-state index in [0.29, 0.717) is 11.7 Å². The van der Waals surface area contributed by atoms with Gasteiger partial charge in [0.2, 0.25) is 5.75 Å². The van der Waals surface area contributed by atoms with Gasteiger partial charge in [-0.05, 0) is 12.8 Å². The van der Waals surface area contributed by atoms with Gasteiger partial charge < -0.3 is 15.0 Å². The van der Waals surface area contributed by atoms with Gasteiger partial charge in [0.25, 0.3) is 5.88 Å². The number of anilines is 1. The van der Waals surface area contributed by atoms with Gasteiger partial charge in [-0.2, -0.15) is 0 Å². The molecule has 0 bridgehead atoms. The van der Waals surface area contributed by atoms with Crippen molar-refractivity contribution in [2.75, 3.05) is 12.8 Å². The Labute approximate surface area is 64.3 Å². The molecule has 1 aliphatic rings. The van der Waals surface area contributed by atoms with Crippen LogP contribution in [0.25, 0.3) is 0 Å². The lowest BCUT2D eigenvalue weighted by Gasteiger charge is -1.96. The minimum atomic E-state index is 0.286. The van der Waals surface area contributed by atoms with Crippen molar-refractivity contribution in [3.63, 3.8) is 0 Å². The molecule has 0 atom stereocenters. The third-order valence-electron chi connectivity index (χ3n) is 1.87. The second-order valence-electron chi connectivity index (χ2n) is 2.74. The topological polar surface area (TPSA) is 61.3 Å². The van der Waals surface area contributed by atoms with Crippen LogP contribution in [-0.4, -0.2) is 12.3 Å². The minimum absolute atomic E-state index is 0.286. The fourth-order valence-electron chi connectivity index (χ4n) is 1.13. The first-order valence-electron chi connectivity index (χ1n) is 3.62. The van der Waals surface area contributed by atoms with Gasteiger partial charge in [0.15, 0.2) is 0 Å². The van der Waals surface area contributed by atoms with Crippen LogP contribution in [0.1, 0.15) is 24.5 Å². The quantitative estimate of drug-likeness (QED) is 0.693. The molecule has 60 valence electrons. The second kappa shape index (κ2) is 2.15. The molecule has 4 heteroatoms. The molecule has 0 saturated heterocycles. The minimum Gasteiger partial charge on any atom is -0.490 e. The van der Waals surface area contributed by atoms with Crippen molar-refractivity contribution in [1.29, 1.82) is 0 Å². The van der Waals surface area contributed by atoms with Gasteiger partial charge in [-0.15, -0.1) is 0 Å². The number of ether oxygens (including phenoxy) is 1. The molecular formula is C7H10N2O2. The van der Waals surface area contributed by atoms with Gasteiger partial charge in [-0.1, -0.05) is 5.16 Å². The Bertz CT molecular complexity index is 265. The van der Waals surface area contributed by atoms with Crippen molar-refractivity contribution in [2.24, 2.45) is 0 Å². The molecule has 0 amide bonds. The van der Waals surface area contributed by atoms with Gasteiger partial charge in [0.05, 0.1) is 7.11 Å². The normalized spacial score (nSPS) is 16.8. The van der Waals surface area contributed by atoms with Crippen LogP contribution in [0.4, 0.5) is 5.88 Å². The molecule has 1 heterocycles. The maximum Gasteiger partial charge on any atom is 0.264 e. The van der Waals surface area contributed by atoms with Crippen LogP contribution in [0.5, 0.6) is 5.75 Å². The molecule has 1 aromatic rings. The number of methoxy groups -OCH3 is 1. The number of aromatic nitrogens is 1. The van der Waals surface area contributed by atoms with Crippen LogP contribution in [0.15, 0.2) is 4.52 Å². The Balaban J connectivity index is 2.36. The predicted molar refractivity (Wildman–Crippen MR) is 39.4 cm³/mol. The van der Waals surface area contributed by atoms with Gasteiger partial charge >= 0.3 is 0 Å². The number of nitrogens with two attached hydrogens (primary N) is 1. The van der Waals surface area contributed by atoms with E-state index in [1.807, 2.05) is 0 Å². The fraction of sp³-hybridized carbons (Fsp3) is 0.571. The van der Waals surface area contributed by atoms with Crippen molar-refractivity contribution < 1.29 is 9.26 Å². The molecule has 1 fully saturated rings. The number of hydrogen-bond donors (Lipinski definition) is 1. The summed E-state index contributed by atoms with van der Waals surface area (Å²) >= 11 is 0. The standard InChI is InChI=1S/C7H10N2O2/c1-10-6-5(4-2-3-4)9-11-7(6)8/h4H,2-3,8H2,1H3. The lowest BCUT2D eigenvalue weighted by molar-refractivity contribution is 0.403. The highest BCUT2D eigenvalue weighted by molar-refractivity contribution is 5.48. The third-order valence-corrected chi connectivity index (χ3v) is 1.87. The van der Waals surface area contributed by atoms with E-state index in [4.69, 9.17) is 15.0 Å². The first-order chi connectivity index (χ1) is 5.33. The van der Waals surface area contributed by atoms with E-state index in [9.17, 15) is 0 Å². The van der Waals surface area contributed by atoms with Crippen molar-refractivity contribution in [3.05, 3.63) is 5.69 Å². The van der Waals surface area contributed by atoms with Gasteiger partial charge in [-0.3, -0.25) is 0 Å². The number of nitrogens with zero attached hydrogens (tertiary/aromatic N) is 1. The third kappa shape index (κ3) is 0.943. The van der Waals surface area contributed by atoms with Crippen molar-refractivity contribution in [1.82, 2.24) is 5.16 Å². The predicted octanol–water partition coefficient (Wildman–Crippen LogP) is 1.14. The Kier molecular flexibility index (Phi) is 1.27. The first kappa shape index (κ1) is 6.52. The zero-order chi connectivity index (χ0) is 7.84. The Morgan fingerprint density at radius 1 is 1.64 bits per heavy atom. The zero-order valence-corrected chi connectivity index (χ0v) is 6.33. The highest BCUT2D eigenvalue weighted by Gasteiger charge is 2.31. The first-order valence-corrected chi connectivity index (χ1v) is 3.62. The monoisotopic (exact) mass is 154 g/mol. The number of hydrogen-bond acceptors (Lipinski definition) is 4. The highest BCUT2D eigenvalue weighted by Crippen LogP contribution is 2.45. The second-order valence-corrected chi connectivity index (χ2v) is 2.74. The zero-order valence-electron chi connectivity index (χ0n) is 6.33. The summed E-state index contributed by atoms with van der Waals surface area (Å²) in [6, 6.07) is 0. The van der Waals surface area contributed by atoms with Crippen molar-refractivity contribution in [2.45, 2.75) is 18.8 Å². The van der Waals surface area contributed by atoms with Crippen LogP contribution < -0.4 is 10.5 Å². The summed E-state index contributed by atoms with van der Waals surface area (Å²) in [5.74, 6) is 1.42. The number of rotatable bonds is 2. The molecule has 11 heavy (non-hydrogen) atoms. The molecule has 0 radical (unpaired) electrons. The van der Waals surface area contributed by atoms with Crippen LogP contribution >= 0.6 is 0 Å². The summed E-state index contributed by atoms with van der Waals surface area (Å²) < 4.78 is 9.83. The van der Waals surface area contributed by atoms with E-state index >= 15 is 0 Å². The lowest BCUT2D eigenvalue weighted by atomic mass is 10.3. The Morgan fingerprint density at radius 2 is 2.36 bits per heavy atom. The smallest absolute Gasteiger partial charge is 0.264 e. The molecule has 2 N–H and O–H groups in total. The van der Waals surface area contributed by atoms with Crippen LogP contribution in [0.2, 0.25) is 0 Å². The fourth-order valence-corrected chi connectivity index (χ4v) is 1.13. The molecule has 1 saturated carbocycles. The molecule has 2 rings (SSSR count). The van der Waals surface area contributed by atoms with Crippen LogP contribution in [-0.2, 0) is 0 Å². The van der Waals surface area contributed by atoms with E-state index < -0.39 is 0 Å². The van der Waals surface area contributed by atoms with E-state index in [2.05, 4.69) is 5.16 Å². The SMILES string of the molecule is COc1c(C2CC2)noc1N. The average Bonchev–Trinajstić information content (AvgIpc) is 2.76. The summed E-state index contributed by atoms with van der Waals surface area (Å²) in [5.41, 5.74) is 6.34. The van der Waals surface area contributed by atoms with Crippen molar-refractivity contribution in [3.8, 4) is 5.75 Å². The molecule has 1 aromatic heterocycles. The Hall–Kier alpha value is -1.19. The lowest BCUT2D eigenvalue weighted by Crippen LogP contribution is -1.90. The van der Waals surface area contributed by atoms with E-state index in [1.165, 1.54) is 12.8 Å². The van der Waals surface area contributed by atoms with E-state index in [-0.39, 0.29) is 5.88 Å². The molecule has 0 aromatic carbocycles. The van der Waals surface area contributed by atoms with Gasteiger partial charge in [0.1, 0.15) is 5.69 Å². The largest absolute Gasteiger partial charge is 0.490 e. The molecular weight excluding hydrogens is 144 g/mol. The van der Waals surface area contributed by atoms with Crippen LogP contribution in [0, 0.1) is 0 Å². The summed E-state index contributed by atoms with van der Waals surface area (Å²) in [6.07, 6.45) is 2.34. The molecule has 1 aliphatic carbocycles. The summed E-state index contributed by atoms with van der Waals surface area (Å²) in [6.45, 7) is 0. The Morgan fingerprint density at radius 3 is 2.91 bits per heavy atom. The molecule has 0 unspecified atom stereocenters. The van der Waals surface area contributed by atoms with E-state index in [0.717, 1.165) is 5.69 Å². The summed E-state index contributed by atoms with van der Waals surface area (Å²) in [5, 5.41) is 3.82. The maximum absolute atomic E-state index is 5.46. The van der Waals surface area contributed by atoms with Crippen molar-refractivity contribution >= 4 is 5.88 Å².